The van der Waals surface area contributed by atoms with Crippen LogP contribution in [-0.4, -0.2) is 17.6 Å². The fourth-order valence-electron chi connectivity index (χ4n) is 2.61. The molecule has 2 aliphatic rings. The molecule has 0 spiro atoms. The maximum atomic E-state index is 5.57. The number of hydrogen-bond acceptors (Lipinski definition) is 3. The summed E-state index contributed by atoms with van der Waals surface area (Å²) in [5.74, 6) is 1.60. The van der Waals surface area contributed by atoms with E-state index < -0.39 is 0 Å². The third-order valence-electron chi connectivity index (χ3n) is 3.89. The predicted molar refractivity (Wildman–Crippen MR) is 62.4 cm³/mol. The molecule has 2 heterocycles. The van der Waals surface area contributed by atoms with Gasteiger partial charge in [0.05, 0.1) is 5.69 Å². The zero-order chi connectivity index (χ0) is 10.8. The third kappa shape index (κ3) is 2.14. The molecule has 1 aromatic heterocycles. The lowest BCUT2D eigenvalue weighted by atomic mass is 9.85. The summed E-state index contributed by atoms with van der Waals surface area (Å²) >= 11 is 0. The SMILES string of the molecule is c1oc(C2CCC2)nc1CC1CCCCN1. The molecule has 1 aliphatic heterocycles. The first kappa shape index (κ1) is 10.3. The van der Waals surface area contributed by atoms with Gasteiger partial charge in [0, 0.05) is 18.4 Å². The van der Waals surface area contributed by atoms with Gasteiger partial charge in [-0.2, -0.15) is 0 Å². The van der Waals surface area contributed by atoms with E-state index in [1.807, 2.05) is 6.26 Å². The van der Waals surface area contributed by atoms with Gasteiger partial charge < -0.3 is 9.73 Å². The summed E-state index contributed by atoms with van der Waals surface area (Å²) in [6.07, 6.45) is 10.7. The van der Waals surface area contributed by atoms with Crippen molar-refractivity contribution in [3.05, 3.63) is 17.8 Å². The van der Waals surface area contributed by atoms with Crippen molar-refractivity contribution in [2.45, 2.75) is 56.9 Å². The Balaban J connectivity index is 1.58. The van der Waals surface area contributed by atoms with Crippen LogP contribution in [0.5, 0.6) is 0 Å². The molecular formula is C13H20N2O. The van der Waals surface area contributed by atoms with Crippen molar-refractivity contribution in [2.75, 3.05) is 6.54 Å². The molecule has 0 aromatic carbocycles. The lowest BCUT2D eigenvalue weighted by Crippen LogP contribution is -2.35. The minimum Gasteiger partial charge on any atom is -0.448 e. The topological polar surface area (TPSA) is 38.1 Å². The van der Waals surface area contributed by atoms with Gasteiger partial charge >= 0.3 is 0 Å². The normalized spacial score (nSPS) is 26.6. The van der Waals surface area contributed by atoms with Crippen LogP contribution >= 0.6 is 0 Å². The Hall–Kier alpha value is -0.830. The van der Waals surface area contributed by atoms with Crippen LogP contribution in [0.4, 0.5) is 0 Å². The summed E-state index contributed by atoms with van der Waals surface area (Å²) in [6, 6.07) is 0.619. The summed E-state index contributed by atoms with van der Waals surface area (Å²) in [4.78, 5) is 4.62. The van der Waals surface area contributed by atoms with Crippen LogP contribution < -0.4 is 5.32 Å². The Bertz CT molecular complexity index is 337. The van der Waals surface area contributed by atoms with E-state index in [4.69, 9.17) is 4.42 Å². The quantitative estimate of drug-likeness (QED) is 0.851. The predicted octanol–water partition coefficient (Wildman–Crippen LogP) is 2.63. The van der Waals surface area contributed by atoms with Gasteiger partial charge in [-0.1, -0.05) is 12.8 Å². The molecule has 3 rings (SSSR count). The van der Waals surface area contributed by atoms with Crippen LogP contribution in [0.25, 0.3) is 0 Å². The number of piperidine rings is 1. The zero-order valence-corrected chi connectivity index (χ0v) is 9.74. The highest BCUT2D eigenvalue weighted by atomic mass is 16.3. The van der Waals surface area contributed by atoms with Crippen molar-refractivity contribution < 1.29 is 4.42 Å². The van der Waals surface area contributed by atoms with Crippen molar-refractivity contribution in [3.63, 3.8) is 0 Å². The zero-order valence-electron chi connectivity index (χ0n) is 9.74. The van der Waals surface area contributed by atoms with Gasteiger partial charge in [0.1, 0.15) is 6.26 Å². The highest BCUT2D eigenvalue weighted by Crippen LogP contribution is 2.35. The van der Waals surface area contributed by atoms with E-state index in [9.17, 15) is 0 Å². The number of nitrogens with zero attached hydrogens (tertiary/aromatic N) is 1. The Morgan fingerprint density at radius 2 is 2.19 bits per heavy atom. The van der Waals surface area contributed by atoms with Gasteiger partial charge in [-0.15, -0.1) is 0 Å². The van der Waals surface area contributed by atoms with Gasteiger partial charge in [0.15, 0.2) is 5.89 Å². The Morgan fingerprint density at radius 1 is 1.25 bits per heavy atom. The molecule has 1 N–H and O–H groups in total. The molecular weight excluding hydrogens is 200 g/mol. The van der Waals surface area contributed by atoms with Crippen molar-refractivity contribution in [1.29, 1.82) is 0 Å². The minimum absolute atomic E-state index is 0.619. The van der Waals surface area contributed by atoms with E-state index in [0.717, 1.165) is 24.6 Å². The Kier molecular flexibility index (Phi) is 2.96. The first-order chi connectivity index (χ1) is 7.92. The molecule has 0 amide bonds. The first-order valence-corrected chi connectivity index (χ1v) is 6.59. The number of nitrogens with one attached hydrogen (secondary N) is 1. The highest BCUT2D eigenvalue weighted by molar-refractivity contribution is 5.05. The second kappa shape index (κ2) is 4.58. The lowest BCUT2D eigenvalue weighted by molar-refractivity contribution is 0.335. The minimum atomic E-state index is 0.619. The number of aromatic nitrogens is 1. The standard InChI is InChI=1S/C13H20N2O/c1-2-7-14-11(6-1)8-12-9-16-13(15-12)10-4-3-5-10/h9-11,14H,1-8H2. The lowest BCUT2D eigenvalue weighted by Gasteiger charge is -2.22. The fourth-order valence-corrected chi connectivity index (χ4v) is 2.61. The molecule has 0 bridgehead atoms. The summed E-state index contributed by atoms with van der Waals surface area (Å²) in [5, 5.41) is 3.55. The van der Waals surface area contributed by atoms with Gasteiger partial charge in [-0.05, 0) is 32.2 Å². The second-order valence-corrected chi connectivity index (χ2v) is 5.16. The molecule has 0 radical (unpaired) electrons. The maximum absolute atomic E-state index is 5.57. The number of rotatable bonds is 3. The maximum Gasteiger partial charge on any atom is 0.197 e. The summed E-state index contributed by atoms with van der Waals surface area (Å²) in [7, 11) is 0. The third-order valence-corrected chi connectivity index (χ3v) is 3.89. The molecule has 1 aliphatic carbocycles. The van der Waals surface area contributed by atoms with Crippen LogP contribution in [0.2, 0.25) is 0 Å². The monoisotopic (exact) mass is 220 g/mol. The molecule has 1 saturated heterocycles. The van der Waals surface area contributed by atoms with Crippen LogP contribution in [0.15, 0.2) is 10.7 Å². The second-order valence-electron chi connectivity index (χ2n) is 5.16. The van der Waals surface area contributed by atoms with Gasteiger partial charge in [0.2, 0.25) is 0 Å². The molecule has 1 aromatic rings. The van der Waals surface area contributed by atoms with Crippen LogP contribution in [-0.2, 0) is 6.42 Å². The van der Waals surface area contributed by atoms with E-state index in [-0.39, 0.29) is 0 Å². The van der Waals surface area contributed by atoms with Crippen LogP contribution in [0, 0.1) is 0 Å². The highest BCUT2D eigenvalue weighted by Gasteiger charge is 2.24. The summed E-state index contributed by atoms with van der Waals surface area (Å²) in [5.41, 5.74) is 1.14. The van der Waals surface area contributed by atoms with Crippen LogP contribution in [0.1, 0.15) is 56.0 Å². The molecule has 1 atom stereocenters. The van der Waals surface area contributed by atoms with Gasteiger partial charge in [-0.3, -0.25) is 0 Å². The van der Waals surface area contributed by atoms with Gasteiger partial charge in [0.25, 0.3) is 0 Å². The number of hydrogen-bond donors (Lipinski definition) is 1. The van der Waals surface area contributed by atoms with Crippen molar-refractivity contribution in [3.8, 4) is 0 Å². The molecule has 88 valence electrons. The molecule has 1 saturated carbocycles. The smallest absolute Gasteiger partial charge is 0.197 e. The Morgan fingerprint density at radius 3 is 2.88 bits per heavy atom. The molecule has 3 heteroatoms. The van der Waals surface area contributed by atoms with Crippen molar-refractivity contribution in [1.82, 2.24) is 10.3 Å². The van der Waals surface area contributed by atoms with E-state index in [2.05, 4.69) is 10.3 Å². The van der Waals surface area contributed by atoms with E-state index >= 15 is 0 Å². The summed E-state index contributed by atoms with van der Waals surface area (Å²) < 4.78 is 5.57. The molecule has 3 nitrogen and oxygen atoms in total. The van der Waals surface area contributed by atoms with Crippen molar-refractivity contribution in [2.24, 2.45) is 0 Å². The molecule has 1 unspecified atom stereocenters. The largest absolute Gasteiger partial charge is 0.448 e. The average molecular weight is 220 g/mol. The molecule has 16 heavy (non-hydrogen) atoms. The Labute approximate surface area is 96.6 Å². The van der Waals surface area contributed by atoms with E-state index in [0.29, 0.717) is 12.0 Å². The fraction of sp³-hybridized carbons (Fsp3) is 0.769. The van der Waals surface area contributed by atoms with Gasteiger partial charge in [-0.25, -0.2) is 4.98 Å². The first-order valence-electron chi connectivity index (χ1n) is 6.59. The number of oxazole rings is 1. The summed E-state index contributed by atoms with van der Waals surface area (Å²) in [6.45, 7) is 1.16. The molecule has 2 fully saturated rings. The average Bonchev–Trinajstić information content (AvgIpc) is 2.65. The van der Waals surface area contributed by atoms with Crippen molar-refractivity contribution >= 4 is 0 Å². The van der Waals surface area contributed by atoms with E-state index in [1.165, 1.54) is 38.5 Å². The van der Waals surface area contributed by atoms with Crippen LogP contribution in [0.3, 0.4) is 0 Å². The van der Waals surface area contributed by atoms with E-state index in [1.54, 1.807) is 0 Å².